The number of rotatable bonds is 6. The molecule has 0 saturated carbocycles. The molecular formula is C14H17N3O4. The second-order valence-electron chi connectivity index (χ2n) is 4.98. The van der Waals surface area contributed by atoms with Crippen molar-refractivity contribution in [1.82, 2.24) is 9.78 Å². The maximum Gasteiger partial charge on any atom is 0.327 e. The molecule has 0 spiro atoms. The van der Waals surface area contributed by atoms with Crippen molar-refractivity contribution in [2.24, 2.45) is 5.92 Å². The number of aromatic nitrogens is 2. The number of furan rings is 1. The van der Waals surface area contributed by atoms with Crippen molar-refractivity contribution in [2.75, 3.05) is 12.3 Å². The number of nitrogen functional groups attached to an aromatic ring is 1. The van der Waals surface area contributed by atoms with Crippen LogP contribution in [0.3, 0.4) is 0 Å². The van der Waals surface area contributed by atoms with Crippen molar-refractivity contribution >= 4 is 18.1 Å². The zero-order valence-corrected chi connectivity index (χ0v) is 11.9. The van der Waals surface area contributed by atoms with Gasteiger partial charge in [0.2, 0.25) is 0 Å². The third kappa shape index (κ3) is 3.31. The first-order valence-corrected chi connectivity index (χ1v) is 6.54. The Balaban J connectivity index is 2.21. The maximum absolute atomic E-state index is 11.7. The number of hydrogen-bond donors (Lipinski definition) is 1. The van der Waals surface area contributed by atoms with Crippen LogP contribution in [-0.2, 0) is 16.1 Å². The summed E-state index contributed by atoms with van der Waals surface area (Å²) in [5.41, 5.74) is 6.35. The lowest BCUT2D eigenvalue weighted by Gasteiger charge is -2.07. The lowest BCUT2D eigenvalue weighted by Crippen LogP contribution is -2.18. The van der Waals surface area contributed by atoms with Crippen molar-refractivity contribution in [2.45, 2.75) is 20.4 Å². The summed E-state index contributed by atoms with van der Waals surface area (Å²) in [6.45, 7) is 4.05. The fourth-order valence-electron chi connectivity index (χ4n) is 1.75. The highest BCUT2D eigenvalue weighted by Gasteiger charge is 2.20. The normalized spacial score (nSPS) is 10.8. The summed E-state index contributed by atoms with van der Waals surface area (Å²) in [4.78, 5) is 22.9. The van der Waals surface area contributed by atoms with Crippen LogP contribution in [0.5, 0.6) is 0 Å². The van der Waals surface area contributed by atoms with Gasteiger partial charge in [0.15, 0.2) is 12.0 Å². The molecule has 0 unspecified atom stereocenters. The van der Waals surface area contributed by atoms with Gasteiger partial charge in [-0.3, -0.25) is 9.59 Å². The SMILES string of the molecule is CC(C)COC(=O)Cn1nc(-c2ccco2)c(C=O)c1N. The molecule has 0 atom stereocenters. The quantitative estimate of drug-likeness (QED) is 0.642. The van der Waals surface area contributed by atoms with E-state index in [0.717, 1.165) is 0 Å². The van der Waals surface area contributed by atoms with Crippen LogP contribution in [0.1, 0.15) is 24.2 Å². The van der Waals surface area contributed by atoms with E-state index in [2.05, 4.69) is 5.10 Å². The Hall–Kier alpha value is -2.57. The fraction of sp³-hybridized carbons (Fsp3) is 0.357. The molecule has 21 heavy (non-hydrogen) atoms. The zero-order valence-electron chi connectivity index (χ0n) is 11.9. The van der Waals surface area contributed by atoms with Gasteiger partial charge in [-0.25, -0.2) is 4.68 Å². The minimum absolute atomic E-state index is 0.109. The summed E-state index contributed by atoms with van der Waals surface area (Å²) in [7, 11) is 0. The molecule has 0 amide bonds. The first-order valence-electron chi connectivity index (χ1n) is 6.54. The zero-order chi connectivity index (χ0) is 15.4. The van der Waals surface area contributed by atoms with Crippen LogP contribution in [0.2, 0.25) is 0 Å². The first kappa shape index (κ1) is 14.8. The monoisotopic (exact) mass is 291 g/mol. The first-order chi connectivity index (χ1) is 10.0. The topological polar surface area (TPSA) is 100 Å². The van der Waals surface area contributed by atoms with Gasteiger partial charge in [0.05, 0.1) is 18.4 Å². The van der Waals surface area contributed by atoms with E-state index in [-0.39, 0.29) is 23.8 Å². The Morgan fingerprint density at radius 1 is 1.57 bits per heavy atom. The molecule has 0 radical (unpaired) electrons. The van der Waals surface area contributed by atoms with Gasteiger partial charge in [-0.15, -0.1) is 0 Å². The molecule has 7 nitrogen and oxygen atoms in total. The summed E-state index contributed by atoms with van der Waals surface area (Å²) in [5, 5.41) is 4.16. The van der Waals surface area contributed by atoms with E-state index < -0.39 is 5.97 Å². The van der Waals surface area contributed by atoms with Gasteiger partial charge < -0.3 is 14.9 Å². The largest absolute Gasteiger partial charge is 0.464 e. The summed E-state index contributed by atoms with van der Waals surface area (Å²) >= 11 is 0. The number of carbonyl (C=O) groups is 2. The van der Waals surface area contributed by atoms with Gasteiger partial charge in [-0.1, -0.05) is 13.8 Å². The minimum atomic E-state index is -0.457. The number of hydrogen-bond acceptors (Lipinski definition) is 6. The summed E-state index contributed by atoms with van der Waals surface area (Å²) in [6.07, 6.45) is 2.06. The third-order valence-electron chi connectivity index (χ3n) is 2.76. The minimum Gasteiger partial charge on any atom is -0.464 e. The predicted molar refractivity (Wildman–Crippen MR) is 75.5 cm³/mol. The molecule has 2 rings (SSSR count). The molecule has 0 saturated heterocycles. The average molecular weight is 291 g/mol. The van der Waals surface area contributed by atoms with Crippen molar-refractivity contribution in [3.05, 3.63) is 24.0 Å². The number of esters is 1. The predicted octanol–water partition coefficient (Wildman–Crippen LogP) is 1.74. The lowest BCUT2D eigenvalue weighted by molar-refractivity contribution is -0.145. The molecule has 0 aromatic carbocycles. The Bertz CT molecular complexity index is 629. The van der Waals surface area contributed by atoms with E-state index in [9.17, 15) is 9.59 Å². The molecule has 0 fully saturated rings. The molecular weight excluding hydrogens is 274 g/mol. The molecule has 0 aliphatic carbocycles. The molecule has 112 valence electrons. The summed E-state index contributed by atoms with van der Waals surface area (Å²) in [6, 6.07) is 3.34. The van der Waals surface area contributed by atoms with Crippen LogP contribution in [0.4, 0.5) is 5.82 Å². The highest BCUT2D eigenvalue weighted by molar-refractivity contribution is 5.90. The van der Waals surface area contributed by atoms with Gasteiger partial charge in [0.1, 0.15) is 18.1 Å². The van der Waals surface area contributed by atoms with Crippen molar-refractivity contribution < 1.29 is 18.7 Å². The summed E-state index contributed by atoms with van der Waals surface area (Å²) in [5.74, 6) is 0.311. The second-order valence-corrected chi connectivity index (χ2v) is 4.98. The van der Waals surface area contributed by atoms with Crippen LogP contribution in [0.25, 0.3) is 11.5 Å². The third-order valence-corrected chi connectivity index (χ3v) is 2.76. The smallest absolute Gasteiger partial charge is 0.327 e. The Morgan fingerprint density at radius 2 is 2.33 bits per heavy atom. The van der Waals surface area contributed by atoms with E-state index in [0.29, 0.717) is 24.3 Å². The second kappa shape index (κ2) is 6.25. The standard InChI is InChI=1S/C14H17N3O4/c1-9(2)8-21-12(19)6-17-14(15)10(7-18)13(16-17)11-4-3-5-20-11/h3-5,7,9H,6,8,15H2,1-2H3. The Morgan fingerprint density at radius 3 is 2.90 bits per heavy atom. The fourth-order valence-corrected chi connectivity index (χ4v) is 1.75. The molecule has 2 N–H and O–H groups in total. The average Bonchev–Trinajstić information content (AvgIpc) is 3.05. The highest BCUT2D eigenvalue weighted by atomic mass is 16.5. The van der Waals surface area contributed by atoms with Gasteiger partial charge in [0.25, 0.3) is 0 Å². The van der Waals surface area contributed by atoms with Gasteiger partial charge in [-0.2, -0.15) is 5.10 Å². The van der Waals surface area contributed by atoms with Crippen molar-refractivity contribution in [1.29, 1.82) is 0 Å². The molecule has 2 aromatic heterocycles. The van der Waals surface area contributed by atoms with Gasteiger partial charge >= 0.3 is 5.97 Å². The van der Waals surface area contributed by atoms with E-state index >= 15 is 0 Å². The number of aldehydes is 1. The molecule has 0 aliphatic rings. The molecule has 2 heterocycles. The van der Waals surface area contributed by atoms with Crippen molar-refractivity contribution in [3.63, 3.8) is 0 Å². The van der Waals surface area contributed by atoms with Crippen LogP contribution >= 0.6 is 0 Å². The van der Waals surface area contributed by atoms with E-state index in [1.165, 1.54) is 10.9 Å². The van der Waals surface area contributed by atoms with E-state index in [4.69, 9.17) is 14.9 Å². The number of nitrogens with zero attached hydrogens (tertiary/aromatic N) is 2. The Kier molecular flexibility index (Phi) is 4.42. The summed E-state index contributed by atoms with van der Waals surface area (Å²) < 4.78 is 11.5. The molecule has 0 aliphatic heterocycles. The van der Waals surface area contributed by atoms with Gasteiger partial charge in [-0.05, 0) is 18.1 Å². The van der Waals surface area contributed by atoms with Crippen molar-refractivity contribution in [3.8, 4) is 11.5 Å². The lowest BCUT2D eigenvalue weighted by atomic mass is 10.2. The number of anilines is 1. The van der Waals surface area contributed by atoms with Crippen LogP contribution in [-0.4, -0.2) is 28.6 Å². The van der Waals surface area contributed by atoms with Crippen LogP contribution in [0.15, 0.2) is 22.8 Å². The molecule has 2 aromatic rings. The number of carbonyl (C=O) groups excluding carboxylic acids is 2. The molecule has 7 heteroatoms. The van der Waals surface area contributed by atoms with E-state index in [1.807, 2.05) is 13.8 Å². The number of nitrogens with two attached hydrogens (primary N) is 1. The van der Waals surface area contributed by atoms with Crippen LogP contribution < -0.4 is 5.73 Å². The van der Waals surface area contributed by atoms with Gasteiger partial charge in [0, 0.05) is 0 Å². The number of ether oxygens (including phenoxy) is 1. The maximum atomic E-state index is 11.7. The van der Waals surface area contributed by atoms with Crippen LogP contribution in [0, 0.1) is 5.92 Å². The molecule has 0 bridgehead atoms. The van der Waals surface area contributed by atoms with E-state index in [1.54, 1.807) is 12.1 Å². The Labute approximate surface area is 121 Å². The highest BCUT2D eigenvalue weighted by Crippen LogP contribution is 2.26.